The molecule has 0 aliphatic carbocycles. The number of alkyl halides is 1. The lowest BCUT2D eigenvalue weighted by Gasteiger charge is -2.06. The largest absolute Gasteiger partial charge is 0.399 e. The van der Waals surface area contributed by atoms with Crippen LogP contribution in [0.15, 0.2) is 29.4 Å². The lowest BCUT2D eigenvalue weighted by molar-refractivity contribution is -0.111. The fraction of sp³-hybridized carbons (Fsp3) is 0.273. The Morgan fingerprint density at radius 3 is 2.67 bits per heavy atom. The van der Waals surface area contributed by atoms with E-state index in [9.17, 15) is 4.79 Å². The molecule has 15 heavy (non-hydrogen) atoms. The minimum Gasteiger partial charge on any atom is -0.399 e. The summed E-state index contributed by atoms with van der Waals surface area (Å²) in [7, 11) is 1.41. The molecule has 1 aromatic carbocycles. The minimum atomic E-state index is -0.144. The SMILES string of the molecule is CO/N=C(\C(C)=O)c1ccccc1CCl. The van der Waals surface area contributed by atoms with Crippen LogP contribution >= 0.6 is 11.6 Å². The first-order valence-corrected chi connectivity index (χ1v) is 5.00. The van der Waals surface area contributed by atoms with Crippen molar-refractivity contribution >= 4 is 23.1 Å². The van der Waals surface area contributed by atoms with Crippen LogP contribution in [-0.4, -0.2) is 18.6 Å². The second-order valence-electron chi connectivity index (χ2n) is 2.97. The van der Waals surface area contributed by atoms with Crippen molar-refractivity contribution in [3.05, 3.63) is 35.4 Å². The number of nitrogens with zero attached hydrogens (tertiary/aromatic N) is 1. The van der Waals surface area contributed by atoms with Gasteiger partial charge in [0.25, 0.3) is 0 Å². The first-order valence-electron chi connectivity index (χ1n) is 4.47. The summed E-state index contributed by atoms with van der Waals surface area (Å²) < 4.78 is 0. The first-order chi connectivity index (χ1) is 7.20. The average Bonchev–Trinajstić information content (AvgIpc) is 2.25. The Morgan fingerprint density at radius 1 is 1.47 bits per heavy atom. The Kier molecular flexibility index (Phi) is 4.31. The van der Waals surface area contributed by atoms with Gasteiger partial charge in [0, 0.05) is 18.4 Å². The summed E-state index contributed by atoms with van der Waals surface area (Å²) in [5.74, 6) is 0.195. The molecule has 0 spiro atoms. The fourth-order valence-corrected chi connectivity index (χ4v) is 1.50. The number of ketones is 1. The molecular formula is C11H12ClNO2. The summed E-state index contributed by atoms with van der Waals surface area (Å²) in [6.07, 6.45) is 0. The van der Waals surface area contributed by atoms with Crippen LogP contribution in [0.1, 0.15) is 18.1 Å². The van der Waals surface area contributed by atoms with Gasteiger partial charge in [-0.1, -0.05) is 29.4 Å². The molecule has 0 N–H and O–H groups in total. The third kappa shape index (κ3) is 2.80. The van der Waals surface area contributed by atoms with Crippen molar-refractivity contribution in [2.45, 2.75) is 12.8 Å². The lowest BCUT2D eigenvalue weighted by Crippen LogP contribution is -2.14. The van der Waals surface area contributed by atoms with Gasteiger partial charge in [-0.05, 0) is 5.56 Å². The highest BCUT2D eigenvalue weighted by molar-refractivity contribution is 6.45. The standard InChI is InChI=1S/C11H12ClNO2/c1-8(14)11(13-15-2)10-6-4-3-5-9(10)7-12/h3-6H,7H2,1-2H3/b13-11+. The Balaban J connectivity index is 3.22. The molecule has 0 saturated heterocycles. The molecular weight excluding hydrogens is 214 g/mol. The highest BCUT2D eigenvalue weighted by Crippen LogP contribution is 2.13. The van der Waals surface area contributed by atoms with Gasteiger partial charge in [-0.3, -0.25) is 4.79 Å². The molecule has 0 saturated carbocycles. The van der Waals surface area contributed by atoms with E-state index in [1.165, 1.54) is 14.0 Å². The third-order valence-electron chi connectivity index (χ3n) is 1.93. The van der Waals surface area contributed by atoms with Gasteiger partial charge in [-0.2, -0.15) is 0 Å². The number of benzene rings is 1. The molecule has 0 aliphatic rings. The zero-order valence-electron chi connectivity index (χ0n) is 8.66. The molecule has 0 aliphatic heterocycles. The molecule has 0 bridgehead atoms. The number of carbonyl (C=O) groups is 1. The van der Waals surface area contributed by atoms with Crippen molar-refractivity contribution in [3.63, 3.8) is 0 Å². The van der Waals surface area contributed by atoms with Crippen LogP contribution < -0.4 is 0 Å². The van der Waals surface area contributed by atoms with Crippen molar-refractivity contribution in [2.24, 2.45) is 5.16 Å². The number of rotatable bonds is 4. The van der Waals surface area contributed by atoms with E-state index in [1.807, 2.05) is 18.2 Å². The third-order valence-corrected chi connectivity index (χ3v) is 2.22. The highest BCUT2D eigenvalue weighted by atomic mass is 35.5. The topological polar surface area (TPSA) is 38.7 Å². The average molecular weight is 226 g/mol. The van der Waals surface area contributed by atoms with E-state index >= 15 is 0 Å². The molecule has 80 valence electrons. The van der Waals surface area contributed by atoms with Gasteiger partial charge in [0.1, 0.15) is 7.11 Å². The number of Topliss-reactive ketones (excluding diaryl/α,β-unsaturated/α-hetero) is 1. The van der Waals surface area contributed by atoms with Crippen molar-refractivity contribution in [1.82, 2.24) is 0 Å². The number of carbonyl (C=O) groups excluding carboxylic acids is 1. The van der Waals surface area contributed by atoms with Crippen LogP contribution in [-0.2, 0) is 15.5 Å². The summed E-state index contributed by atoms with van der Waals surface area (Å²) in [5, 5.41) is 3.71. The minimum absolute atomic E-state index is 0.144. The summed E-state index contributed by atoms with van der Waals surface area (Å²) in [4.78, 5) is 16.0. The summed E-state index contributed by atoms with van der Waals surface area (Å²) in [6.45, 7) is 1.45. The van der Waals surface area contributed by atoms with Gasteiger partial charge in [-0.25, -0.2) is 0 Å². The predicted molar refractivity (Wildman–Crippen MR) is 60.2 cm³/mol. The van der Waals surface area contributed by atoms with E-state index in [-0.39, 0.29) is 5.78 Å². The van der Waals surface area contributed by atoms with E-state index in [0.29, 0.717) is 11.6 Å². The van der Waals surface area contributed by atoms with E-state index < -0.39 is 0 Å². The van der Waals surface area contributed by atoms with Gasteiger partial charge in [0.2, 0.25) is 0 Å². The van der Waals surface area contributed by atoms with E-state index in [1.54, 1.807) is 6.07 Å². The molecule has 4 heteroatoms. The molecule has 0 atom stereocenters. The van der Waals surface area contributed by atoms with E-state index in [2.05, 4.69) is 9.99 Å². The molecule has 0 radical (unpaired) electrons. The normalized spacial score (nSPS) is 11.3. The smallest absolute Gasteiger partial charge is 0.182 e. The molecule has 0 amide bonds. The molecule has 0 aromatic heterocycles. The highest BCUT2D eigenvalue weighted by Gasteiger charge is 2.13. The van der Waals surface area contributed by atoms with Gasteiger partial charge < -0.3 is 4.84 Å². The van der Waals surface area contributed by atoms with Crippen LogP contribution in [0.3, 0.4) is 0 Å². The van der Waals surface area contributed by atoms with Gasteiger partial charge >= 0.3 is 0 Å². The van der Waals surface area contributed by atoms with Gasteiger partial charge in [0.15, 0.2) is 11.5 Å². The van der Waals surface area contributed by atoms with Crippen LogP contribution in [0, 0.1) is 0 Å². The van der Waals surface area contributed by atoms with Crippen LogP contribution in [0.2, 0.25) is 0 Å². The first kappa shape index (κ1) is 11.7. The quantitative estimate of drug-likeness (QED) is 0.448. The molecule has 1 rings (SSSR count). The van der Waals surface area contributed by atoms with Crippen molar-refractivity contribution in [1.29, 1.82) is 0 Å². The Bertz CT molecular complexity index is 388. The van der Waals surface area contributed by atoms with Gasteiger partial charge in [-0.15, -0.1) is 11.6 Å². The maximum Gasteiger partial charge on any atom is 0.182 e. The zero-order chi connectivity index (χ0) is 11.3. The number of hydrogen-bond acceptors (Lipinski definition) is 3. The van der Waals surface area contributed by atoms with Crippen LogP contribution in [0.25, 0.3) is 0 Å². The molecule has 1 aromatic rings. The fourth-order valence-electron chi connectivity index (χ4n) is 1.26. The zero-order valence-corrected chi connectivity index (χ0v) is 9.41. The van der Waals surface area contributed by atoms with Crippen molar-refractivity contribution < 1.29 is 9.63 Å². The van der Waals surface area contributed by atoms with Crippen molar-refractivity contribution in [2.75, 3.05) is 7.11 Å². The monoisotopic (exact) mass is 225 g/mol. The number of hydrogen-bond donors (Lipinski definition) is 0. The van der Waals surface area contributed by atoms with Crippen LogP contribution in [0.5, 0.6) is 0 Å². The Morgan fingerprint density at radius 2 is 2.13 bits per heavy atom. The second-order valence-corrected chi connectivity index (χ2v) is 3.24. The Hall–Kier alpha value is -1.35. The summed E-state index contributed by atoms with van der Waals surface area (Å²) in [6, 6.07) is 7.36. The number of halogens is 1. The van der Waals surface area contributed by atoms with Gasteiger partial charge in [0.05, 0.1) is 0 Å². The van der Waals surface area contributed by atoms with E-state index in [0.717, 1.165) is 11.1 Å². The Labute approximate surface area is 93.7 Å². The molecule has 0 heterocycles. The maximum absolute atomic E-state index is 11.3. The van der Waals surface area contributed by atoms with E-state index in [4.69, 9.17) is 11.6 Å². The number of oxime groups is 1. The molecule has 3 nitrogen and oxygen atoms in total. The van der Waals surface area contributed by atoms with Crippen molar-refractivity contribution in [3.8, 4) is 0 Å². The second kappa shape index (κ2) is 5.51. The summed E-state index contributed by atoms with van der Waals surface area (Å²) in [5.41, 5.74) is 1.89. The maximum atomic E-state index is 11.3. The molecule has 0 unspecified atom stereocenters. The lowest BCUT2D eigenvalue weighted by atomic mass is 10.0. The summed E-state index contributed by atoms with van der Waals surface area (Å²) >= 11 is 5.77. The molecule has 0 fully saturated rings. The predicted octanol–water partition coefficient (Wildman–Crippen LogP) is 2.36. The van der Waals surface area contributed by atoms with Crippen LogP contribution in [0.4, 0.5) is 0 Å².